The number of hydrogen-bond acceptors (Lipinski definition) is 3. The summed E-state index contributed by atoms with van der Waals surface area (Å²) in [6, 6.07) is 0.415. The van der Waals surface area contributed by atoms with Gasteiger partial charge in [-0.2, -0.15) is 5.10 Å². The van der Waals surface area contributed by atoms with Crippen LogP contribution in [-0.4, -0.2) is 29.5 Å². The second-order valence-corrected chi connectivity index (χ2v) is 3.63. The number of nitrogens with one attached hydrogen (secondary N) is 1. The van der Waals surface area contributed by atoms with Crippen LogP contribution in [0.15, 0.2) is 6.20 Å². The van der Waals surface area contributed by atoms with E-state index >= 15 is 0 Å². The molecule has 0 radical (unpaired) electrons. The Morgan fingerprint density at radius 2 is 2.36 bits per heavy atom. The van der Waals surface area contributed by atoms with E-state index in [0.29, 0.717) is 6.04 Å². The van der Waals surface area contributed by atoms with E-state index in [1.807, 2.05) is 24.9 Å². The van der Waals surface area contributed by atoms with Crippen molar-refractivity contribution in [1.29, 1.82) is 0 Å². The highest BCUT2D eigenvalue weighted by Gasteiger charge is 2.06. The van der Waals surface area contributed by atoms with Crippen molar-refractivity contribution in [2.75, 3.05) is 19.0 Å². The van der Waals surface area contributed by atoms with E-state index in [1.165, 1.54) is 0 Å². The summed E-state index contributed by atoms with van der Waals surface area (Å²) in [4.78, 5) is 0. The van der Waals surface area contributed by atoms with Gasteiger partial charge in [0, 0.05) is 33.0 Å². The zero-order chi connectivity index (χ0) is 10.6. The summed E-state index contributed by atoms with van der Waals surface area (Å²) in [5, 5.41) is 7.67. The number of methoxy groups -OCH3 is 1. The van der Waals surface area contributed by atoms with Gasteiger partial charge < -0.3 is 10.1 Å². The van der Waals surface area contributed by atoms with Crippen molar-refractivity contribution in [3.63, 3.8) is 0 Å². The van der Waals surface area contributed by atoms with E-state index in [0.717, 1.165) is 24.4 Å². The number of ether oxygens (including phenoxy) is 1. The monoisotopic (exact) mass is 197 g/mol. The quantitative estimate of drug-likeness (QED) is 0.778. The van der Waals surface area contributed by atoms with Gasteiger partial charge >= 0.3 is 0 Å². The maximum Gasteiger partial charge on any atom is 0.0825 e. The normalized spacial score (nSPS) is 12.9. The van der Waals surface area contributed by atoms with Crippen LogP contribution in [-0.2, 0) is 11.8 Å². The molecular weight excluding hydrogens is 178 g/mol. The standard InChI is InChI=1S/C10H19N3O/c1-8(5-6-14-4)11-10-7-13(3)12-9(10)2/h7-8,11H,5-6H2,1-4H3. The van der Waals surface area contributed by atoms with Crippen molar-refractivity contribution in [2.24, 2.45) is 7.05 Å². The number of aromatic nitrogens is 2. The number of rotatable bonds is 5. The molecule has 0 fully saturated rings. The molecule has 1 unspecified atom stereocenters. The number of nitrogens with zero attached hydrogens (tertiary/aromatic N) is 2. The van der Waals surface area contributed by atoms with Crippen LogP contribution in [0, 0.1) is 6.92 Å². The SMILES string of the molecule is COCCC(C)Nc1cn(C)nc1C. The van der Waals surface area contributed by atoms with Crippen molar-refractivity contribution in [3.8, 4) is 0 Å². The maximum absolute atomic E-state index is 5.02. The zero-order valence-corrected chi connectivity index (χ0v) is 9.37. The lowest BCUT2D eigenvalue weighted by molar-refractivity contribution is 0.191. The fraction of sp³-hybridized carbons (Fsp3) is 0.700. The number of anilines is 1. The third-order valence-corrected chi connectivity index (χ3v) is 2.17. The Kier molecular flexibility index (Phi) is 3.95. The van der Waals surface area contributed by atoms with Crippen molar-refractivity contribution in [3.05, 3.63) is 11.9 Å². The predicted molar refractivity (Wildman–Crippen MR) is 57.5 cm³/mol. The first kappa shape index (κ1) is 11.0. The summed E-state index contributed by atoms with van der Waals surface area (Å²) < 4.78 is 6.84. The molecule has 80 valence electrons. The minimum absolute atomic E-state index is 0.415. The van der Waals surface area contributed by atoms with Crippen molar-refractivity contribution in [1.82, 2.24) is 9.78 Å². The van der Waals surface area contributed by atoms with Crippen LogP contribution in [0.5, 0.6) is 0 Å². The summed E-state index contributed by atoms with van der Waals surface area (Å²) in [5.74, 6) is 0. The molecule has 1 N–H and O–H groups in total. The smallest absolute Gasteiger partial charge is 0.0825 e. The van der Waals surface area contributed by atoms with E-state index in [1.54, 1.807) is 7.11 Å². The van der Waals surface area contributed by atoms with E-state index in [-0.39, 0.29) is 0 Å². The second kappa shape index (κ2) is 5.00. The fourth-order valence-electron chi connectivity index (χ4n) is 1.37. The molecule has 1 heterocycles. The lowest BCUT2D eigenvalue weighted by atomic mass is 10.2. The number of aryl methyl sites for hydroxylation is 2. The van der Waals surface area contributed by atoms with Crippen LogP contribution in [0.4, 0.5) is 5.69 Å². The minimum Gasteiger partial charge on any atom is -0.385 e. The summed E-state index contributed by atoms with van der Waals surface area (Å²) in [6.45, 7) is 4.93. The first-order valence-corrected chi connectivity index (χ1v) is 4.89. The van der Waals surface area contributed by atoms with Gasteiger partial charge in [-0.05, 0) is 20.3 Å². The molecule has 0 saturated carbocycles. The van der Waals surface area contributed by atoms with Gasteiger partial charge in [0.25, 0.3) is 0 Å². The zero-order valence-electron chi connectivity index (χ0n) is 9.37. The van der Waals surface area contributed by atoms with Crippen LogP contribution in [0.25, 0.3) is 0 Å². The third kappa shape index (κ3) is 3.03. The van der Waals surface area contributed by atoms with Gasteiger partial charge in [-0.25, -0.2) is 0 Å². The van der Waals surface area contributed by atoms with Gasteiger partial charge in [0.2, 0.25) is 0 Å². The van der Waals surface area contributed by atoms with E-state index in [2.05, 4.69) is 17.3 Å². The van der Waals surface area contributed by atoms with Gasteiger partial charge in [-0.15, -0.1) is 0 Å². The third-order valence-electron chi connectivity index (χ3n) is 2.17. The molecule has 1 atom stereocenters. The molecule has 4 nitrogen and oxygen atoms in total. The molecule has 1 aromatic rings. The topological polar surface area (TPSA) is 39.1 Å². The molecule has 14 heavy (non-hydrogen) atoms. The van der Waals surface area contributed by atoms with Gasteiger partial charge in [0.1, 0.15) is 0 Å². The van der Waals surface area contributed by atoms with Gasteiger partial charge in [-0.1, -0.05) is 0 Å². The average molecular weight is 197 g/mol. The van der Waals surface area contributed by atoms with Crippen molar-refractivity contribution < 1.29 is 4.74 Å². The average Bonchev–Trinajstić information content (AvgIpc) is 2.42. The Hall–Kier alpha value is -1.03. The Labute approximate surface area is 85.3 Å². The Bertz CT molecular complexity index is 283. The molecule has 4 heteroatoms. The Morgan fingerprint density at radius 3 is 2.86 bits per heavy atom. The summed E-state index contributed by atoms with van der Waals surface area (Å²) >= 11 is 0. The fourth-order valence-corrected chi connectivity index (χ4v) is 1.37. The minimum atomic E-state index is 0.415. The van der Waals surface area contributed by atoms with Gasteiger partial charge in [0.15, 0.2) is 0 Å². The largest absolute Gasteiger partial charge is 0.385 e. The van der Waals surface area contributed by atoms with Gasteiger partial charge in [-0.3, -0.25) is 4.68 Å². The first-order chi connectivity index (χ1) is 6.63. The van der Waals surface area contributed by atoms with Crippen LogP contribution in [0.3, 0.4) is 0 Å². The highest BCUT2D eigenvalue weighted by atomic mass is 16.5. The molecule has 0 bridgehead atoms. The first-order valence-electron chi connectivity index (χ1n) is 4.89. The van der Waals surface area contributed by atoms with Crippen LogP contribution in [0.1, 0.15) is 19.0 Å². The molecule has 0 spiro atoms. The molecule has 0 aliphatic rings. The predicted octanol–water partition coefficient (Wildman–Crippen LogP) is 1.57. The second-order valence-electron chi connectivity index (χ2n) is 3.63. The lowest BCUT2D eigenvalue weighted by Crippen LogP contribution is -2.17. The van der Waals surface area contributed by atoms with Crippen LogP contribution < -0.4 is 5.32 Å². The Balaban J connectivity index is 2.47. The molecule has 0 amide bonds. The molecule has 1 rings (SSSR count). The van der Waals surface area contributed by atoms with Crippen molar-refractivity contribution in [2.45, 2.75) is 26.3 Å². The van der Waals surface area contributed by atoms with Crippen LogP contribution >= 0.6 is 0 Å². The highest BCUT2D eigenvalue weighted by molar-refractivity contribution is 5.46. The van der Waals surface area contributed by atoms with E-state index in [9.17, 15) is 0 Å². The highest BCUT2D eigenvalue weighted by Crippen LogP contribution is 2.13. The van der Waals surface area contributed by atoms with Gasteiger partial charge in [0.05, 0.1) is 11.4 Å². The molecule has 0 aliphatic carbocycles. The molecule has 0 aliphatic heterocycles. The van der Waals surface area contributed by atoms with E-state index in [4.69, 9.17) is 4.74 Å². The van der Waals surface area contributed by atoms with Crippen LogP contribution in [0.2, 0.25) is 0 Å². The Morgan fingerprint density at radius 1 is 1.64 bits per heavy atom. The summed E-state index contributed by atoms with van der Waals surface area (Å²) in [7, 11) is 3.65. The van der Waals surface area contributed by atoms with E-state index < -0.39 is 0 Å². The van der Waals surface area contributed by atoms with Crippen molar-refractivity contribution >= 4 is 5.69 Å². The maximum atomic E-state index is 5.02. The molecular formula is C10H19N3O. The summed E-state index contributed by atoms with van der Waals surface area (Å²) in [6.07, 6.45) is 3.00. The molecule has 0 aromatic carbocycles. The molecule has 0 saturated heterocycles. The molecule has 1 aromatic heterocycles. The number of hydrogen-bond donors (Lipinski definition) is 1. The lowest BCUT2D eigenvalue weighted by Gasteiger charge is -2.13. The summed E-state index contributed by atoms with van der Waals surface area (Å²) in [5.41, 5.74) is 2.15.